The quantitative estimate of drug-likeness (QED) is 0.0853. The average Bonchev–Trinajstić information content (AvgIpc) is 3.65. The lowest BCUT2D eigenvalue weighted by atomic mass is 9.35. The highest BCUT2D eigenvalue weighted by atomic mass is 16.8. The number of fused-ring (bicyclic) bond motifs is 5. The van der Waals surface area contributed by atoms with Crippen LogP contribution >= 0.6 is 0 Å². The third-order valence-corrected chi connectivity index (χ3v) is 18.8. The molecule has 0 spiro atoms. The maximum Gasteiger partial charge on any atom is 0.187 e. The number of hydrogen-bond donors (Lipinski definition) is 12. The Morgan fingerprint density at radius 3 is 1.71 bits per heavy atom. The normalized spacial score (nSPS) is 52.4. The minimum Gasteiger partial charge on any atom is -0.394 e. The standard InChI is InChI=1S/C48H82O18/c1-22(2)10-9-14-48(8,66-42-39(60)36(57)33(54)26(20-50)62-42)23-11-16-47(7)31(23)24(52)18-29-45(5)15-13-30(44(3,4)28(45)12-17-46(29,47)6)64-43-40(37(58)34(55)27(21-51)63-43)65-41-38(59)35(56)32(53)25(19-49)61-41/h10,23-43,49-60H,9,11-21H2,1-8H3/t23-,24?,25+,26+,27+,28-,29+,30?,31-,32+,33+,34+,35-,36-,37-,38+,39+,40+,41-,42-,43-,45-,46+,47+,48-/m0/s1. The molecule has 12 N–H and O–H groups in total. The zero-order valence-electron chi connectivity index (χ0n) is 40.0. The van der Waals surface area contributed by atoms with E-state index in [-0.39, 0.29) is 39.9 Å². The molecule has 25 atom stereocenters. The SMILES string of the molecule is CC(C)=CCC[C@](C)(O[C@@H]1O[C@H](CO)[C@@H](O)[C@H](O)[C@H]1O)[C@H]1CC[C@]2(C)[C@@H]1C(O)C[C@@H]1[C@@]3(C)CCC(O[C@@H]4O[C@H](CO)[C@@H](O)[C@H](O)[C@H]4O[C@@H]4O[C@H](CO)[C@@H](O)[C@H](O)[C@H]4O)C(C)(C)[C@@H]3CC[C@]12C. The predicted octanol–water partition coefficient (Wildman–Crippen LogP) is -0.0268. The van der Waals surface area contributed by atoms with E-state index < -0.39 is 135 Å². The fourth-order valence-corrected chi connectivity index (χ4v) is 14.9. The summed E-state index contributed by atoms with van der Waals surface area (Å²) in [6.07, 6.45) is -15.4. The zero-order valence-corrected chi connectivity index (χ0v) is 40.0. The van der Waals surface area contributed by atoms with Gasteiger partial charge < -0.3 is 89.7 Å². The van der Waals surface area contributed by atoms with Gasteiger partial charge in [0.25, 0.3) is 0 Å². The Morgan fingerprint density at radius 2 is 1.14 bits per heavy atom. The molecule has 382 valence electrons. The molecule has 4 saturated carbocycles. The molecule has 18 heteroatoms. The average molecular weight is 947 g/mol. The van der Waals surface area contributed by atoms with E-state index in [2.05, 4.69) is 40.7 Å². The lowest BCUT2D eigenvalue weighted by Crippen LogP contribution is -2.68. The van der Waals surface area contributed by atoms with E-state index >= 15 is 0 Å². The fraction of sp³-hybridized carbons (Fsp3) is 0.958. The molecule has 3 saturated heterocycles. The van der Waals surface area contributed by atoms with Gasteiger partial charge in [-0.1, -0.05) is 46.3 Å². The van der Waals surface area contributed by atoms with E-state index in [1.54, 1.807) is 0 Å². The molecule has 7 fully saturated rings. The highest BCUT2D eigenvalue weighted by Gasteiger charge is 2.72. The largest absolute Gasteiger partial charge is 0.394 e. The lowest BCUT2D eigenvalue weighted by Gasteiger charge is -2.71. The molecule has 3 heterocycles. The van der Waals surface area contributed by atoms with E-state index in [1.807, 2.05) is 20.8 Å². The van der Waals surface area contributed by atoms with Crippen molar-refractivity contribution in [3.8, 4) is 0 Å². The van der Waals surface area contributed by atoms with Crippen molar-refractivity contribution in [2.24, 2.45) is 45.3 Å². The van der Waals surface area contributed by atoms with E-state index in [9.17, 15) is 61.3 Å². The van der Waals surface area contributed by atoms with Gasteiger partial charge in [0.2, 0.25) is 0 Å². The Morgan fingerprint density at radius 1 is 0.606 bits per heavy atom. The number of ether oxygens (including phenoxy) is 6. The van der Waals surface area contributed by atoms with Crippen molar-refractivity contribution in [3.63, 3.8) is 0 Å². The van der Waals surface area contributed by atoms with E-state index in [1.165, 1.54) is 0 Å². The summed E-state index contributed by atoms with van der Waals surface area (Å²) in [6.45, 7) is 15.5. The number of aliphatic hydroxyl groups is 12. The molecular formula is C48H82O18. The summed E-state index contributed by atoms with van der Waals surface area (Å²) in [5.74, 6) is -0.151. The van der Waals surface area contributed by atoms with Crippen LogP contribution in [0.4, 0.5) is 0 Å². The smallest absolute Gasteiger partial charge is 0.187 e. The van der Waals surface area contributed by atoms with Crippen LogP contribution in [0.25, 0.3) is 0 Å². The highest BCUT2D eigenvalue weighted by molar-refractivity contribution is 5.20. The first kappa shape index (κ1) is 52.8. The summed E-state index contributed by atoms with van der Waals surface area (Å²) in [6, 6.07) is 0. The Labute approximate surface area is 388 Å². The van der Waals surface area contributed by atoms with Gasteiger partial charge in [-0.2, -0.15) is 0 Å². The second-order valence-electron chi connectivity index (χ2n) is 22.9. The van der Waals surface area contributed by atoms with Gasteiger partial charge in [-0.25, -0.2) is 0 Å². The zero-order chi connectivity index (χ0) is 48.6. The third-order valence-electron chi connectivity index (χ3n) is 18.8. The molecule has 4 aliphatic carbocycles. The maximum absolute atomic E-state index is 12.7. The monoisotopic (exact) mass is 947 g/mol. The van der Waals surface area contributed by atoms with Crippen LogP contribution in [0.2, 0.25) is 0 Å². The van der Waals surface area contributed by atoms with Gasteiger partial charge in [0.15, 0.2) is 18.9 Å². The fourth-order valence-electron chi connectivity index (χ4n) is 14.9. The van der Waals surface area contributed by atoms with Crippen LogP contribution < -0.4 is 0 Å². The first-order valence-corrected chi connectivity index (χ1v) is 24.4. The second-order valence-corrected chi connectivity index (χ2v) is 22.9. The van der Waals surface area contributed by atoms with Crippen molar-refractivity contribution in [1.29, 1.82) is 0 Å². The van der Waals surface area contributed by atoms with Crippen molar-refractivity contribution in [3.05, 3.63) is 11.6 Å². The molecule has 3 aliphatic heterocycles. The van der Waals surface area contributed by atoms with Crippen LogP contribution in [0.1, 0.15) is 113 Å². The summed E-state index contributed by atoms with van der Waals surface area (Å²) in [7, 11) is 0. The van der Waals surface area contributed by atoms with Gasteiger partial charge in [0.05, 0.1) is 37.6 Å². The Bertz CT molecular complexity index is 1680. The first-order valence-electron chi connectivity index (χ1n) is 24.4. The molecule has 0 radical (unpaired) electrons. The molecule has 0 aromatic carbocycles. The highest BCUT2D eigenvalue weighted by Crippen LogP contribution is 2.76. The summed E-state index contributed by atoms with van der Waals surface area (Å²) < 4.78 is 37.2. The molecule has 0 bridgehead atoms. The van der Waals surface area contributed by atoms with Crippen LogP contribution in [-0.2, 0) is 28.4 Å². The summed E-state index contributed by atoms with van der Waals surface area (Å²) in [5.41, 5.74) is -1.12. The predicted molar refractivity (Wildman–Crippen MR) is 234 cm³/mol. The van der Waals surface area contributed by atoms with Crippen molar-refractivity contribution < 1.29 is 89.7 Å². The van der Waals surface area contributed by atoms with Gasteiger partial charge in [-0.3, -0.25) is 0 Å². The Hall–Kier alpha value is -0.980. The Kier molecular flexibility index (Phi) is 15.7. The summed E-state index contributed by atoms with van der Waals surface area (Å²) in [4.78, 5) is 0. The van der Waals surface area contributed by atoms with Crippen LogP contribution in [0.5, 0.6) is 0 Å². The first-order chi connectivity index (χ1) is 30.8. The van der Waals surface area contributed by atoms with Crippen LogP contribution in [0.3, 0.4) is 0 Å². The minimum atomic E-state index is -1.79. The summed E-state index contributed by atoms with van der Waals surface area (Å²) in [5, 5.41) is 129. The maximum atomic E-state index is 12.7. The molecule has 18 nitrogen and oxygen atoms in total. The number of allylic oxidation sites excluding steroid dienone is 2. The van der Waals surface area contributed by atoms with Gasteiger partial charge in [-0.15, -0.1) is 0 Å². The van der Waals surface area contributed by atoms with E-state index in [0.717, 1.165) is 37.7 Å². The van der Waals surface area contributed by atoms with Crippen LogP contribution in [-0.4, -0.2) is 191 Å². The summed E-state index contributed by atoms with van der Waals surface area (Å²) >= 11 is 0. The molecule has 7 rings (SSSR count). The lowest BCUT2D eigenvalue weighted by molar-refractivity contribution is -0.378. The molecule has 7 aliphatic rings. The molecule has 2 unspecified atom stereocenters. The van der Waals surface area contributed by atoms with Gasteiger partial charge in [-0.05, 0) is 124 Å². The van der Waals surface area contributed by atoms with Gasteiger partial charge in [0, 0.05) is 0 Å². The molecule has 66 heavy (non-hydrogen) atoms. The Balaban J connectivity index is 1.13. The van der Waals surface area contributed by atoms with Crippen molar-refractivity contribution in [2.45, 2.75) is 223 Å². The molecule has 0 aromatic rings. The number of rotatable bonds is 13. The van der Waals surface area contributed by atoms with Crippen molar-refractivity contribution >= 4 is 0 Å². The van der Waals surface area contributed by atoms with Crippen LogP contribution in [0.15, 0.2) is 11.6 Å². The molecule has 0 amide bonds. The van der Waals surface area contributed by atoms with Gasteiger partial charge >= 0.3 is 0 Å². The van der Waals surface area contributed by atoms with Crippen molar-refractivity contribution in [2.75, 3.05) is 19.8 Å². The number of aliphatic hydroxyl groups excluding tert-OH is 12. The second kappa shape index (κ2) is 19.6. The van der Waals surface area contributed by atoms with Crippen molar-refractivity contribution in [1.82, 2.24) is 0 Å². The number of hydrogen-bond acceptors (Lipinski definition) is 18. The van der Waals surface area contributed by atoms with Gasteiger partial charge in [0.1, 0.15) is 73.2 Å². The molecular weight excluding hydrogens is 865 g/mol. The van der Waals surface area contributed by atoms with E-state index in [4.69, 9.17) is 28.4 Å². The van der Waals surface area contributed by atoms with Crippen LogP contribution in [0, 0.1) is 45.3 Å². The minimum absolute atomic E-state index is 0.0905. The van der Waals surface area contributed by atoms with E-state index in [0.29, 0.717) is 25.7 Å². The molecule has 0 aromatic heterocycles. The topological polar surface area (TPSA) is 298 Å². The third kappa shape index (κ3) is 8.79.